The summed E-state index contributed by atoms with van der Waals surface area (Å²) in [6, 6.07) is 31.9. The third-order valence-corrected chi connectivity index (χ3v) is 11.4. The Morgan fingerprint density at radius 1 is 0.448 bits per heavy atom. The van der Waals surface area contributed by atoms with E-state index in [0.717, 1.165) is 12.1 Å². The van der Waals surface area contributed by atoms with Crippen LogP contribution in [0.5, 0.6) is 17.2 Å². The molecule has 58 heavy (non-hydrogen) atoms. The van der Waals surface area contributed by atoms with Gasteiger partial charge in [0.2, 0.25) is 0 Å². The van der Waals surface area contributed by atoms with Crippen LogP contribution in [0.2, 0.25) is 0 Å². The Hall–Kier alpha value is -7.38. The summed E-state index contributed by atoms with van der Waals surface area (Å²) in [5, 5.41) is 31.7. The lowest BCUT2D eigenvalue weighted by Crippen LogP contribution is -2.23. The standard InChI is InChI=1S/C45H29F3N4O5S/c46-45(47,48)58(56,57)32-12-4-8-28(24-32)44-39-19-17-37(51-39)42(26-6-2-10-30(54)22-26)35-15-13-33(49-35)41(25-5-1-9-29(53)21-25)34-14-16-36(50-34)43(38-18-20-40(44)52-38)27-7-3-11-31(55)23-27/h1-24,49,52-55H. The van der Waals surface area contributed by atoms with Crippen LogP contribution in [0.3, 0.4) is 0 Å². The monoisotopic (exact) mass is 794 g/mol. The fourth-order valence-corrected chi connectivity index (χ4v) is 8.16. The number of hydrogen-bond donors (Lipinski definition) is 5. The quantitative estimate of drug-likeness (QED) is 0.116. The topological polar surface area (TPSA) is 152 Å². The molecule has 9 rings (SSSR count). The molecular weight excluding hydrogens is 766 g/mol. The summed E-state index contributed by atoms with van der Waals surface area (Å²) in [7, 11) is -5.71. The maximum Gasteiger partial charge on any atom is 0.501 e. The number of aromatic amines is 2. The number of rotatable bonds is 5. The molecule has 0 spiro atoms. The van der Waals surface area contributed by atoms with Crippen LogP contribution in [0, 0.1) is 0 Å². The Kier molecular flexibility index (Phi) is 8.55. The van der Waals surface area contributed by atoms with E-state index in [2.05, 4.69) is 9.97 Å². The molecule has 5 N–H and O–H groups in total. The van der Waals surface area contributed by atoms with Crippen molar-refractivity contribution in [1.82, 2.24) is 19.9 Å². The predicted molar refractivity (Wildman–Crippen MR) is 219 cm³/mol. The van der Waals surface area contributed by atoms with Gasteiger partial charge in [-0.05, 0) is 119 Å². The number of nitrogens with one attached hydrogen (secondary N) is 2. The molecule has 8 bridgehead atoms. The van der Waals surface area contributed by atoms with Crippen molar-refractivity contribution < 1.29 is 36.9 Å². The van der Waals surface area contributed by atoms with Gasteiger partial charge in [0.25, 0.3) is 9.84 Å². The molecule has 0 atom stereocenters. The van der Waals surface area contributed by atoms with Crippen LogP contribution in [-0.2, 0) is 9.84 Å². The number of alkyl halides is 3. The zero-order valence-corrected chi connectivity index (χ0v) is 30.8. The van der Waals surface area contributed by atoms with Crippen molar-refractivity contribution >= 4 is 56.2 Å². The van der Waals surface area contributed by atoms with Crippen molar-refractivity contribution in [2.24, 2.45) is 0 Å². The van der Waals surface area contributed by atoms with Crippen LogP contribution in [0.25, 0.3) is 90.9 Å². The molecule has 0 radical (unpaired) electrons. The molecule has 9 nitrogen and oxygen atoms in total. The molecule has 5 heterocycles. The molecule has 0 fully saturated rings. The zero-order chi connectivity index (χ0) is 40.3. The van der Waals surface area contributed by atoms with Crippen LogP contribution in [-0.4, -0.2) is 49.2 Å². The Morgan fingerprint density at radius 2 is 0.759 bits per heavy atom. The van der Waals surface area contributed by atoms with E-state index in [0.29, 0.717) is 83.8 Å². The highest BCUT2D eigenvalue weighted by Gasteiger charge is 2.47. The lowest BCUT2D eigenvalue weighted by atomic mass is 10.0. The number of halogens is 3. The molecule has 13 heteroatoms. The minimum Gasteiger partial charge on any atom is -0.508 e. The van der Waals surface area contributed by atoms with Crippen LogP contribution in [0.4, 0.5) is 13.2 Å². The summed E-state index contributed by atoms with van der Waals surface area (Å²) in [4.78, 5) is 16.1. The Morgan fingerprint density at radius 3 is 1.07 bits per heavy atom. The molecule has 2 aliphatic heterocycles. The van der Waals surface area contributed by atoms with Gasteiger partial charge in [-0.15, -0.1) is 0 Å². The lowest BCUT2D eigenvalue weighted by molar-refractivity contribution is -0.0436. The summed E-state index contributed by atoms with van der Waals surface area (Å²) in [5.74, 6) is 0.0588. The molecular formula is C45H29F3N4O5S. The number of H-pyrrole nitrogens is 2. The second kappa shape index (κ2) is 13.7. The number of aromatic hydroxyl groups is 3. The van der Waals surface area contributed by atoms with Gasteiger partial charge in [0, 0.05) is 44.3 Å². The van der Waals surface area contributed by atoms with E-state index in [1.807, 2.05) is 30.4 Å². The van der Waals surface area contributed by atoms with Crippen LogP contribution in [0.15, 0.2) is 126 Å². The van der Waals surface area contributed by atoms with E-state index < -0.39 is 20.2 Å². The summed E-state index contributed by atoms with van der Waals surface area (Å²) in [6.45, 7) is 0. The van der Waals surface area contributed by atoms with Gasteiger partial charge in [0.05, 0.1) is 27.7 Å². The summed E-state index contributed by atoms with van der Waals surface area (Å²) in [5.41, 5.74) is 2.53. The van der Waals surface area contributed by atoms with Gasteiger partial charge in [0.15, 0.2) is 0 Å². The first-order chi connectivity index (χ1) is 27.8. The smallest absolute Gasteiger partial charge is 0.501 e. The highest BCUT2D eigenvalue weighted by molar-refractivity contribution is 7.92. The largest absolute Gasteiger partial charge is 0.508 e. The van der Waals surface area contributed by atoms with Gasteiger partial charge in [-0.3, -0.25) is 0 Å². The van der Waals surface area contributed by atoms with Gasteiger partial charge in [0.1, 0.15) is 17.2 Å². The molecule has 0 aliphatic carbocycles. The van der Waals surface area contributed by atoms with Crippen molar-refractivity contribution in [1.29, 1.82) is 0 Å². The van der Waals surface area contributed by atoms with Crippen LogP contribution < -0.4 is 0 Å². The summed E-state index contributed by atoms with van der Waals surface area (Å²) in [6.07, 6.45) is 7.09. The Labute approximate surface area is 328 Å². The van der Waals surface area contributed by atoms with Crippen molar-refractivity contribution in [3.05, 3.63) is 144 Å². The molecule has 0 unspecified atom stereocenters. The van der Waals surface area contributed by atoms with Crippen LogP contribution in [0.1, 0.15) is 22.8 Å². The predicted octanol–water partition coefficient (Wildman–Crippen LogP) is 10.7. The van der Waals surface area contributed by atoms with E-state index in [1.54, 1.807) is 78.9 Å². The molecule has 286 valence electrons. The maximum atomic E-state index is 13.8. The number of hydrogen-bond acceptors (Lipinski definition) is 7. The summed E-state index contributed by atoms with van der Waals surface area (Å²) >= 11 is 0. The number of phenolic OH excluding ortho intramolecular Hbond substituents is 3. The molecule has 2 aliphatic rings. The van der Waals surface area contributed by atoms with E-state index in [9.17, 15) is 36.9 Å². The van der Waals surface area contributed by atoms with Gasteiger partial charge >= 0.3 is 5.51 Å². The minimum atomic E-state index is -5.71. The maximum absolute atomic E-state index is 13.8. The fraction of sp³-hybridized carbons (Fsp3) is 0.0222. The SMILES string of the molecule is O=S(=O)(c1cccc(-c2c3nc(c(-c4cccc(O)c4)c4ccc([nH]4)c(-c4cccc(O)c4)c4nc(c(-c5cccc(O)c5)c5ccc2[nH]5)C=C4)C=C3)c1)C(F)(F)F. The van der Waals surface area contributed by atoms with Crippen LogP contribution >= 0.6 is 0 Å². The van der Waals surface area contributed by atoms with Crippen molar-refractivity contribution in [2.75, 3.05) is 0 Å². The first-order valence-electron chi connectivity index (χ1n) is 17.8. The Bertz CT molecular complexity index is 3140. The third-order valence-electron chi connectivity index (χ3n) is 9.90. The molecule has 0 saturated carbocycles. The number of fused-ring (bicyclic) bond motifs is 8. The van der Waals surface area contributed by atoms with E-state index in [1.165, 1.54) is 24.3 Å². The highest BCUT2D eigenvalue weighted by atomic mass is 32.2. The van der Waals surface area contributed by atoms with Gasteiger partial charge in [-0.1, -0.05) is 48.5 Å². The zero-order valence-electron chi connectivity index (χ0n) is 30.0. The van der Waals surface area contributed by atoms with Gasteiger partial charge in [-0.2, -0.15) is 13.2 Å². The number of phenols is 3. The number of nitrogens with zero attached hydrogens (tertiary/aromatic N) is 2. The van der Waals surface area contributed by atoms with E-state index in [-0.39, 0.29) is 22.8 Å². The molecule has 3 aromatic heterocycles. The normalized spacial score (nSPS) is 12.6. The van der Waals surface area contributed by atoms with E-state index in [4.69, 9.17) is 9.97 Å². The fourth-order valence-electron chi connectivity index (χ4n) is 7.36. The Balaban J connectivity index is 1.47. The summed E-state index contributed by atoms with van der Waals surface area (Å²) < 4.78 is 66.8. The molecule has 7 aromatic rings. The lowest BCUT2D eigenvalue weighted by Gasteiger charge is -2.10. The average Bonchev–Trinajstić information content (AvgIpc) is 4.03. The van der Waals surface area contributed by atoms with Crippen molar-refractivity contribution in [3.63, 3.8) is 0 Å². The second-order valence-electron chi connectivity index (χ2n) is 13.6. The molecule has 4 aromatic carbocycles. The minimum absolute atomic E-state index is 0.00359. The number of aromatic nitrogens is 4. The van der Waals surface area contributed by atoms with Gasteiger partial charge in [-0.25, -0.2) is 18.4 Å². The number of sulfone groups is 1. The third kappa shape index (κ3) is 6.36. The van der Waals surface area contributed by atoms with Gasteiger partial charge < -0.3 is 25.3 Å². The average molecular weight is 795 g/mol. The van der Waals surface area contributed by atoms with Crippen molar-refractivity contribution in [3.8, 4) is 61.8 Å². The van der Waals surface area contributed by atoms with E-state index >= 15 is 0 Å². The molecule has 0 saturated heterocycles. The first kappa shape index (κ1) is 36.3. The first-order valence-corrected chi connectivity index (χ1v) is 19.3. The highest BCUT2D eigenvalue weighted by Crippen LogP contribution is 2.40. The van der Waals surface area contributed by atoms with Crippen molar-refractivity contribution in [2.45, 2.75) is 10.4 Å². The number of benzene rings is 4. The second-order valence-corrected chi connectivity index (χ2v) is 15.6. The molecule has 0 amide bonds.